The molecular weight excluding hydrogens is 289 g/mol. The van der Waals surface area contributed by atoms with E-state index in [0.29, 0.717) is 18.0 Å². The minimum Gasteiger partial charge on any atom is -0.352 e. The summed E-state index contributed by atoms with van der Waals surface area (Å²) in [5, 5.41) is 3.38. The highest BCUT2D eigenvalue weighted by molar-refractivity contribution is 6.32. The highest BCUT2D eigenvalue weighted by Crippen LogP contribution is 2.15. The molecular formula is C17H15ClFNO. The minimum atomic E-state index is -0.259. The number of amides is 1. The molecule has 0 radical (unpaired) electrons. The van der Waals surface area contributed by atoms with Gasteiger partial charge in [0.1, 0.15) is 5.82 Å². The number of hydrogen-bond acceptors (Lipinski definition) is 1. The fraction of sp³-hybridized carbons (Fsp3) is 0.118. The summed E-state index contributed by atoms with van der Waals surface area (Å²) in [6, 6.07) is 13.5. The molecule has 2 nitrogen and oxygen atoms in total. The lowest BCUT2D eigenvalue weighted by Crippen LogP contribution is -2.23. The van der Waals surface area contributed by atoms with Gasteiger partial charge in [-0.2, -0.15) is 0 Å². The molecule has 0 bridgehead atoms. The van der Waals surface area contributed by atoms with Gasteiger partial charge in [0.05, 0.1) is 0 Å². The van der Waals surface area contributed by atoms with E-state index in [0.717, 1.165) is 11.1 Å². The van der Waals surface area contributed by atoms with Crippen molar-refractivity contribution in [3.8, 4) is 0 Å². The van der Waals surface area contributed by atoms with Crippen LogP contribution in [0.2, 0.25) is 5.02 Å². The Balaban J connectivity index is 1.80. The summed E-state index contributed by atoms with van der Waals surface area (Å²) in [5.74, 6) is -0.442. The van der Waals surface area contributed by atoms with Gasteiger partial charge in [-0.15, -0.1) is 0 Å². The van der Waals surface area contributed by atoms with E-state index in [1.165, 1.54) is 18.2 Å². The standard InChI is InChI=1S/C17H15ClFNO/c18-16-4-2-1-3-14(16)7-10-17(21)20-12-11-13-5-8-15(19)9-6-13/h1-10H,11-12H2,(H,20,21). The van der Waals surface area contributed by atoms with Gasteiger partial charge in [0.15, 0.2) is 0 Å². The molecule has 0 aliphatic carbocycles. The third kappa shape index (κ3) is 5.04. The second-order valence-electron chi connectivity index (χ2n) is 4.52. The highest BCUT2D eigenvalue weighted by atomic mass is 35.5. The first-order valence-electron chi connectivity index (χ1n) is 6.60. The predicted octanol–water partition coefficient (Wildman–Crippen LogP) is 3.85. The van der Waals surface area contributed by atoms with Crippen LogP contribution in [0.1, 0.15) is 11.1 Å². The van der Waals surface area contributed by atoms with Gasteiger partial charge in [0.2, 0.25) is 5.91 Å². The van der Waals surface area contributed by atoms with Crippen molar-refractivity contribution in [2.75, 3.05) is 6.54 Å². The van der Waals surface area contributed by atoms with E-state index in [1.807, 2.05) is 18.2 Å². The lowest BCUT2D eigenvalue weighted by atomic mass is 10.1. The molecule has 1 amide bonds. The highest BCUT2D eigenvalue weighted by Gasteiger charge is 1.98. The number of benzene rings is 2. The molecule has 0 atom stereocenters. The molecule has 0 aliphatic heterocycles. The molecule has 0 fully saturated rings. The van der Waals surface area contributed by atoms with Crippen LogP contribution in [0.4, 0.5) is 4.39 Å². The molecule has 21 heavy (non-hydrogen) atoms. The third-order valence-corrected chi connectivity index (χ3v) is 3.29. The monoisotopic (exact) mass is 303 g/mol. The zero-order valence-corrected chi connectivity index (χ0v) is 12.1. The average molecular weight is 304 g/mol. The minimum absolute atomic E-state index is 0.183. The first-order chi connectivity index (χ1) is 10.1. The van der Waals surface area contributed by atoms with Gasteiger partial charge in [-0.25, -0.2) is 4.39 Å². The Morgan fingerprint density at radius 3 is 2.57 bits per heavy atom. The molecule has 0 unspecified atom stereocenters. The maximum atomic E-state index is 12.7. The SMILES string of the molecule is O=C(C=Cc1ccccc1Cl)NCCc1ccc(F)cc1. The van der Waals surface area contributed by atoms with Crippen molar-refractivity contribution in [2.24, 2.45) is 0 Å². The van der Waals surface area contributed by atoms with E-state index >= 15 is 0 Å². The van der Waals surface area contributed by atoms with E-state index in [2.05, 4.69) is 5.32 Å². The van der Waals surface area contributed by atoms with Crippen LogP contribution in [0.5, 0.6) is 0 Å². The van der Waals surface area contributed by atoms with Crippen molar-refractivity contribution < 1.29 is 9.18 Å². The van der Waals surface area contributed by atoms with Crippen molar-refractivity contribution in [2.45, 2.75) is 6.42 Å². The van der Waals surface area contributed by atoms with E-state index in [-0.39, 0.29) is 11.7 Å². The van der Waals surface area contributed by atoms with E-state index in [4.69, 9.17) is 11.6 Å². The lowest BCUT2D eigenvalue weighted by Gasteiger charge is -2.03. The Labute approximate surface area is 128 Å². The van der Waals surface area contributed by atoms with E-state index < -0.39 is 0 Å². The van der Waals surface area contributed by atoms with E-state index in [9.17, 15) is 9.18 Å². The van der Waals surface area contributed by atoms with Crippen LogP contribution >= 0.6 is 11.6 Å². The van der Waals surface area contributed by atoms with E-state index in [1.54, 1.807) is 24.3 Å². The van der Waals surface area contributed by atoms with Gasteiger partial charge in [0.25, 0.3) is 0 Å². The number of nitrogens with one attached hydrogen (secondary N) is 1. The van der Waals surface area contributed by atoms with Crippen LogP contribution in [0.25, 0.3) is 6.08 Å². The van der Waals surface area contributed by atoms with Gasteiger partial charge >= 0.3 is 0 Å². The van der Waals surface area contributed by atoms with Crippen LogP contribution in [0, 0.1) is 5.82 Å². The molecule has 2 aromatic carbocycles. The van der Waals surface area contributed by atoms with Gasteiger partial charge < -0.3 is 5.32 Å². The number of hydrogen-bond donors (Lipinski definition) is 1. The summed E-state index contributed by atoms with van der Waals surface area (Å²) in [5.41, 5.74) is 1.78. The lowest BCUT2D eigenvalue weighted by molar-refractivity contribution is -0.116. The Hall–Kier alpha value is -2.13. The number of carbonyl (C=O) groups excluding carboxylic acids is 1. The van der Waals surface area contributed by atoms with Crippen LogP contribution in [-0.4, -0.2) is 12.5 Å². The van der Waals surface area contributed by atoms with Crippen molar-refractivity contribution in [1.29, 1.82) is 0 Å². The number of halogens is 2. The summed E-state index contributed by atoms with van der Waals surface area (Å²) in [6.07, 6.45) is 3.79. The van der Waals surface area contributed by atoms with Gasteiger partial charge in [-0.1, -0.05) is 41.9 Å². The maximum absolute atomic E-state index is 12.7. The average Bonchev–Trinajstić information content (AvgIpc) is 2.48. The molecule has 1 N–H and O–H groups in total. The van der Waals surface area contributed by atoms with Gasteiger partial charge in [-0.05, 0) is 41.8 Å². The Morgan fingerprint density at radius 2 is 1.86 bits per heavy atom. The molecule has 2 rings (SSSR count). The van der Waals surface area contributed by atoms with Crippen molar-refractivity contribution in [1.82, 2.24) is 5.32 Å². The fourth-order valence-electron chi connectivity index (χ4n) is 1.82. The quantitative estimate of drug-likeness (QED) is 0.835. The Kier molecular flexibility index (Phi) is 5.52. The first-order valence-corrected chi connectivity index (χ1v) is 6.98. The molecule has 0 aromatic heterocycles. The van der Waals surface area contributed by atoms with Gasteiger partial charge in [-0.3, -0.25) is 4.79 Å². The molecule has 0 heterocycles. The zero-order valence-electron chi connectivity index (χ0n) is 11.4. The van der Waals surface area contributed by atoms with Crippen LogP contribution in [0.15, 0.2) is 54.6 Å². The number of rotatable bonds is 5. The topological polar surface area (TPSA) is 29.1 Å². The summed E-state index contributed by atoms with van der Waals surface area (Å²) < 4.78 is 12.7. The molecule has 4 heteroatoms. The largest absolute Gasteiger partial charge is 0.352 e. The van der Waals surface area contributed by atoms with Crippen molar-refractivity contribution in [3.63, 3.8) is 0 Å². The fourth-order valence-corrected chi connectivity index (χ4v) is 2.01. The molecule has 0 aliphatic rings. The molecule has 0 saturated heterocycles. The molecule has 108 valence electrons. The molecule has 2 aromatic rings. The van der Waals surface area contributed by atoms with Crippen LogP contribution in [0.3, 0.4) is 0 Å². The normalized spacial score (nSPS) is 10.8. The summed E-state index contributed by atoms with van der Waals surface area (Å²) in [4.78, 5) is 11.7. The second kappa shape index (κ2) is 7.60. The summed E-state index contributed by atoms with van der Waals surface area (Å²) >= 11 is 5.99. The first kappa shape index (κ1) is 15.3. The zero-order chi connectivity index (χ0) is 15.1. The van der Waals surface area contributed by atoms with Crippen LogP contribution < -0.4 is 5.32 Å². The summed E-state index contributed by atoms with van der Waals surface area (Å²) in [7, 11) is 0. The maximum Gasteiger partial charge on any atom is 0.244 e. The Morgan fingerprint density at radius 1 is 1.14 bits per heavy atom. The Bertz CT molecular complexity index is 637. The number of carbonyl (C=O) groups is 1. The summed E-state index contributed by atoms with van der Waals surface area (Å²) in [6.45, 7) is 0.497. The smallest absolute Gasteiger partial charge is 0.244 e. The third-order valence-electron chi connectivity index (χ3n) is 2.95. The second-order valence-corrected chi connectivity index (χ2v) is 4.93. The van der Waals surface area contributed by atoms with Crippen LogP contribution in [-0.2, 0) is 11.2 Å². The predicted molar refractivity (Wildman–Crippen MR) is 83.6 cm³/mol. The molecule has 0 spiro atoms. The van der Waals surface area contributed by atoms with Crippen molar-refractivity contribution in [3.05, 3.63) is 76.6 Å². The van der Waals surface area contributed by atoms with Gasteiger partial charge in [0, 0.05) is 17.6 Å². The van der Waals surface area contributed by atoms with Crippen molar-refractivity contribution >= 4 is 23.6 Å². The molecule has 0 saturated carbocycles.